The van der Waals surface area contributed by atoms with E-state index in [0.29, 0.717) is 11.5 Å². The number of fused-ring (bicyclic) bond motifs is 1. The number of rotatable bonds is 2. The second kappa shape index (κ2) is 6.11. The lowest BCUT2D eigenvalue weighted by Gasteiger charge is -2.13. The topological polar surface area (TPSA) is 64.7 Å². The number of halogens is 4. The largest absolute Gasteiger partial charge is 0.435 e. The summed E-state index contributed by atoms with van der Waals surface area (Å²) < 4.78 is 58.9. The maximum Gasteiger partial charge on any atom is 0.435 e. The van der Waals surface area contributed by atoms with Crippen molar-refractivity contribution < 1.29 is 22.0 Å². The fraction of sp³-hybridized carbons (Fsp3) is 0.111. The van der Waals surface area contributed by atoms with E-state index in [1.165, 1.54) is 30.3 Å². The predicted molar refractivity (Wildman–Crippen MR) is 88.0 cm³/mol. The summed E-state index contributed by atoms with van der Waals surface area (Å²) in [5, 5.41) is 7.61. The highest BCUT2D eigenvalue weighted by Crippen LogP contribution is 2.36. The molecular formula is C18H10F4N4O. The highest BCUT2D eigenvalue weighted by atomic mass is 19.4. The lowest BCUT2D eigenvalue weighted by Crippen LogP contribution is -2.12. The van der Waals surface area contributed by atoms with Gasteiger partial charge in [0.2, 0.25) is 11.8 Å². The zero-order valence-corrected chi connectivity index (χ0v) is 13.8. The van der Waals surface area contributed by atoms with Crippen molar-refractivity contribution in [3.8, 4) is 22.7 Å². The number of aromatic nitrogens is 4. The smallest absolute Gasteiger partial charge is 0.421 e. The number of nitrogens with zero attached hydrogens (tertiary/aromatic N) is 4. The molecule has 27 heavy (non-hydrogen) atoms. The number of alkyl halides is 3. The molecular weight excluding hydrogens is 364 g/mol. The lowest BCUT2D eigenvalue weighted by molar-refractivity contribution is -0.140. The molecule has 0 fully saturated rings. The Kier molecular flexibility index (Phi) is 3.87. The first-order valence-electron chi connectivity index (χ1n) is 7.77. The van der Waals surface area contributed by atoms with Crippen molar-refractivity contribution in [2.45, 2.75) is 13.1 Å². The van der Waals surface area contributed by atoms with E-state index in [1.807, 2.05) is 0 Å². The third-order valence-electron chi connectivity index (χ3n) is 3.82. The van der Waals surface area contributed by atoms with E-state index in [-0.39, 0.29) is 28.2 Å². The van der Waals surface area contributed by atoms with Gasteiger partial charge in [0.15, 0.2) is 5.69 Å². The average Bonchev–Trinajstić information content (AvgIpc) is 3.06. The van der Waals surface area contributed by atoms with Gasteiger partial charge in [0.25, 0.3) is 0 Å². The minimum Gasteiger partial charge on any atom is -0.421 e. The molecule has 0 spiro atoms. The molecule has 0 unspecified atom stereocenters. The highest BCUT2D eigenvalue weighted by Gasteiger charge is 2.37. The quantitative estimate of drug-likeness (QED) is 0.471. The van der Waals surface area contributed by atoms with Gasteiger partial charge in [-0.25, -0.2) is 14.4 Å². The second-order valence-electron chi connectivity index (χ2n) is 5.76. The first kappa shape index (κ1) is 17.1. The summed E-state index contributed by atoms with van der Waals surface area (Å²) in [4.78, 5) is 7.88. The van der Waals surface area contributed by atoms with Crippen LogP contribution in [0.25, 0.3) is 33.7 Å². The van der Waals surface area contributed by atoms with Crippen molar-refractivity contribution in [2.24, 2.45) is 0 Å². The minimum atomic E-state index is -4.72. The molecule has 9 heteroatoms. The standard InChI is InChI=1S/C18H10F4N4O/c1-9-25-26-17(27-9)11-4-7-13-14(8-11)23-15(16(24-13)18(20,21)22)10-2-5-12(19)6-3-10/h2-8H,1H3. The van der Waals surface area contributed by atoms with Gasteiger partial charge in [-0.2, -0.15) is 13.2 Å². The van der Waals surface area contributed by atoms with E-state index < -0.39 is 17.7 Å². The Morgan fingerprint density at radius 1 is 0.852 bits per heavy atom. The fourth-order valence-electron chi connectivity index (χ4n) is 2.61. The summed E-state index contributed by atoms with van der Waals surface area (Å²) in [6.07, 6.45) is -4.72. The number of aryl methyl sites for hydroxylation is 1. The normalized spacial score (nSPS) is 11.9. The Labute approximate surface area is 149 Å². The predicted octanol–water partition coefficient (Wildman–Crippen LogP) is 4.81. The summed E-state index contributed by atoms with van der Waals surface area (Å²) in [6.45, 7) is 1.62. The number of benzene rings is 2. The Morgan fingerprint density at radius 3 is 2.19 bits per heavy atom. The summed E-state index contributed by atoms with van der Waals surface area (Å²) in [6, 6.07) is 9.04. The molecule has 2 aromatic heterocycles. The molecule has 2 aromatic carbocycles. The van der Waals surface area contributed by atoms with Gasteiger partial charge in [-0.15, -0.1) is 10.2 Å². The number of hydrogen-bond acceptors (Lipinski definition) is 5. The SMILES string of the molecule is Cc1nnc(-c2ccc3nc(C(F)(F)F)c(-c4ccc(F)cc4)nc3c2)o1. The molecule has 0 saturated carbocycles. The summed E-state index contributed by atoms with van der Waals surface area (Å²) >= 11 is 0. The van der Waals surface area contributed by atoms with Crippen LogP contribution < -0.4 is 0 Å². The molecule has 4 aromatic rings. The molecule has 5 nitrogen and oxygen atoms in total. The molecule has 0 aliphatic heterocycles. The van der Waals surface area contributed by atoms with E-state index in [4.69, 9.17) is 4.42 Å². The molecule has 2 heterocycles. The summed E-state index contributed by atoms with van der Waals surface area (Å²) in [5.41, 5.74) is -0.625. The van der Waals surface area contributed by atoms with Crippen LogP contribution >= 0.6 is 0 Å². The van der Waals surface area contributed by atoms with Crippen molar-refractivity contribution >= 4 is 11.0 Å². The summed E-state index contributed by atoms with van der Waals surface area (Å²) in [7, 11) is 0. The molecule has 0 radical (unpaired) electrons. The van der Waals surface area contributed by atoms with Gasteiger partial charge in [-0.3, -0.25) is 0 Å². The zero-order valence-electron chi connectivity index (χ0n) is 13.8. The van der Waals surface area contributed by atoms with Gasteiger partial charge in [0.05, 0.1) is 11.0 Å². The number of hydrogen-bond donors (Lipinski definition) is 0. The monoisotopic (exact) mass is 374 g/mol. The van der Waals surface area contributed by atoms with Crippen LogP contribution in [0.2, 0.25) is 0 Å². The molecule has 0 aliphatic carbocycles. The van der Waals surface area contributed by atoms with Gasteiger partial charge >= 0.3 is 6.18 Å². The van der Waals surface area contributed by atoms with Crippen LogP contribution in [0.4, 0.5) is 17.6 Å². The summed E-state index contributed by atoms with van der Waals surface area (Å²) in [5.74, 6) is 0.0186. The lowest BCUT2D eigenvalue weighted by atomic mass is 10.1. The zero-order chi connectivity index (χ0) is 19.2. The van der Waals surface area contributed by atoms with E-state index in [2.05, 4.69) is 20.2 Å². The van der Waals surface area contributed by atoms with Crippen LogP contribution in [-0.2, 0) is 6.18 Å². The third-order valence-corrected chi connectivity index (χ3v) is 3.82. The second-order valence-corrected chi connectivity index (χ2v) is 5.76. The van der Waals surface area contributed by atoms with E-state index in [1.54, 1.807) is 6.92 Å². The molecule has 0 bridgehead atoms. The van der Waals surface area contributed by atoms with E-state index >= 15 is 0 Å². The molecule has 0 amide bonds. The Hall–Kier alpha value is -3.36. The Morgan fingerprint density at radius 2 is 1.56 bits per heavy atom. The molecule has 136 valence electrons. The van der Waals surface area contributed by atoms with Crippen molar-refractivity contribution in [3.05, 3.63) is 59.9 Å². The van der Waals surface area contributed by atoms with Gasteiger partial charge < -0.3 is 4.42 Å². The van der Waals surface area contributed by atoms with Gasteiger partial charge in [0, 0.05) is 18.1 Å². The molecule has 0 N–H and O–H groups in total. The maximum atomic E-state index is 13.5. The fourth-order valence-corrected chi connectivity index (χ4v) is 2.61. The highest BCUT2D eigenvalue weighted by molar-refractivity contribution is 5.82. The Balaban J connectivity index is 1.94. The molecule has 0 aliphatic rings. The molecule has 0 saturated heterocycles. The maximum absolute atomic E-state index is 13.5. The van der Waals surface area contributed by atoms with Crippen molar-refractivity contribution in [1.29, 1.82) is 0 Å². The molecule has 0 atom stereocenters. The van der Waals surface area contributed by atoms with Gasteiger partial charge in [0.1, 0.15) is 11.5 Å². The van der Waals surface area contributed by atoms with Crippen LogP contribution in [0.15, 0.2) is 46.9 Å². The van der Waals surface area contributed by atoms with Crippen LogP contribution in [0.3, 0.4) is 0 Å². The van der Waals surface area contributed by atoms with Crippen molar-refractivity contribution in [1.82, 2.24) is 20.2 Å². The van der Waals surface area contributed by atoms with Crippen LogP contribution in [0, 0.1) is 12.7 Å². The molecule has 4 rings (SSSR count). The minimum absolute atomic E-state index is 0.0631. The first-order chi connectivity index (χ1) is 12.8. The van der Waals surface area contributed by atoms with Crippen molar-refractivity contribution in [2.75, 3.05) is 0 Å². The average molecular weight is 374 g/mol. The van der Waals surface area contributed by atoms with Crippen LogP contribution in [-0.4, -0.2) is 20.2 Å². The van der Waals surface area contributed by atoms with E-state index in [9.17, 15) is 17.6 Å². The van der Waals surface area contributed by atoms with Crippen LogP contribution in [0.5, 0.6) is 0 Å². The first-order valence-corrected chi connectivity index (χ1v) is 7.77. The van der Waals surface area contributed by atoms with Crippen molar-refractivity contribution in [3.63, 3.8) is 0 Å². The van der Waals surface area contributed by atoms with E-state index in [0.717, 1.165) is 12.1 Å². The van der Waals surface area contributed by atoms with Crippen LogP contribution in [0.1, 0.15) is 11.6 Å². The van der Waals surface area contributed by atoms with Gasteiger partial charge in [-0.1, -0.05) is 0 Å². The van der Waals surface area contributed by atoms with Gasteiger partial charge in [-0.05, 0) is 42.5 Å². The Bertz CT molecular complexity index is 1140. The third kappa shape index (κ3) is 3.23.